The minimum absolute atomic E-state index is 0.0457. The summed E-state index contributed by atoms with van der Waals surface area (Å²) >= 11 is 11.9. The number of sulfonamides is 1. The summed E-state index contributed by atoms with van der Waals surface area (Å²) in [5.41, 5.74) is 0.349. The Morgan fingerprint density at radius 3 is 2.33 bits per heavy atom. The molecule has 0 bridgehead atoms. The van der Waals surface area contributed by atoms with Gasteiger partial charge < -0.3 is 14.8 Å². The first-order chi connectivity index (χ1) is 12.8. The summed E-state index contributed by atoms with van der Waals surface area (Å²) in [4.78, 5) is 12.1. The molecule has 0 aliphatic heterocycles. The van der Waals surface area contributed by atoms with Gasteiger partial charge in [-0.2, -0.15) is 0 Å². The molecule has 0 saturated carbocycles. The van der Waals surface area contributed by atoms with Crippen molar-refractivity contribution in [3.63, 3.8) is 0 Å². The summed E-state index contributed by atoms with van der Waals surface area (Å²) in [5, 5.41) is 3.03. The number of carbonyl (C=O) groups is 1. The van der Waals surface area contributed by atoms with Crippen LogP contribution in [-0.4, -0.2) is 35.1 Å². The molecule has 10 heteroatoms. The van der Waals surface area contributed by atoms with Gasteiger partial charge in [0.05, 0.1) is 30.0 Å². The molecule has 0 aliphatic carbocycles. The highest BCUT2D eigenvalue weighted by Crippen LogP contribution is 2.35. The minimum Gasteiger partial charge on any atom is -0.495 e. The predicted molar refractivity (Wildman–Crippen MR) is 104 cm³/mol. The number of anilines is 1. The summed E-state index contributed by atoms with van der Waals surface area (Å²) < 4.78 is 37.1. The number of ether oxygens (including phenoxy) is 2. The fraction of sp³-hybridized carbons (Fsp3) is 0.235. The van der Waals surface area contributed by atoms with Crippen molar-refractivity contribution in [3.05, 3.63) is 46.4 Å². The van der Waals surface area contributed by atoms with E-state index in [4.69, 9.17) is 32.7 Å². The van der Waals surface area contributed by atoms with Crippen LogP contribution in [0.4, 0.5) is 5.69 Å². The van der Waals surface area contributed by atoms with Gasteiger partial charge in [0.25, 0.3) is 0 Å². The number of methoxy groups -OCH3 is 2. The SMILES string of the molecule is COc1cc(OC)c(NC(=O)CCNS(=O)(=O)c2ccccc2Cl)cc1Cl. The quantitative estimate of drug-likeness (QED) is 0.666. The van der Waals surface area contributed by atoms with Crippen molar-refractivity contribution in [3.8, 4) is 11.5 Å². The fourth-order valence-corrected chi connectivity index (χ4v) is 4.00. The van der Waals surface area contributed by atoms with E-state index >= 15 is 0 Å². The zero-order valence-electron chi connectivity index (χ0n) is 14.6. The van der Waals surface area contributed by atoms with E-state index in [1.807, 2.05) is 0 Å². The van der Waals surface area contributed by atoms with Crippen LogP contribution in [0.3, 0.4) is 0 Å². The van der Waals surface area contributed by atoms with Gasteiger partial charge in [0.1, 0.15) is 16.4 Å². The number of nitrogens with one attached hydrogen (secondary N) is 2. The third-order valence-electron chi connectivity index (χ3n) is 3.52. The second-order valence-electron chi connectivity index (χ2n) is 5.31. The van der Waals surface area contributed by atoms with Gasteiger partial charge in [-0.1, -0.05) is 35.3 Å². The van der Waals surface area contributed by atoms with Gasteiger partial charge in [0, 0.05) is 19.0 Å². The largest absolute Gasteiger partial charge is 0.495 e. The number of halogens is 2. The van der Waals surface area contributed by atoms with Crippen LogP contribution in [-0.2, 0) is 14.8 Å². The first-order valence-electron chi connectivity index (χ1n) is 7.74. The molecule has 27 heavy (non-hydrogen) atoms. The molecule has 0 radical (unpaired) electrons. The first-order valence-corrected chi connectivity index (χ1v) is 9.98. The normalized spacial score (nSPS) is 11.1. The molecule has 0 aromatic heterocycles. The topological polar surface area (TPSA) is 93.7 Å². The van der Waals surface area contributed by atoms with Crippen molar-refractivity contribution < 1.29 is 22.7 Å². The summed E-state index contributed by atoms with van der Waals surface area (Å²) in [6, 6.07) is 9.08. The zero-order valence-corrected chi connectivity index (χ0v) is 16.9. The van der Waals surface area contributed by atoms with Crippen LogP contribution in [0.1, 0.15) is 6.42 Å². The summed E-state index contributed by atoms with van der Waals surface area (Å²) in [5.74, 6) is 0.344. The van der Waals surface area contributed by atoms with E-state index < -0.39 is 15.9 Å². The maximum Gasteiger partial charge on any atom is 0.242 e. The van der Waals surface area contributed by atoms with Crippen molar-refractivity contribution >= 4 is 44.8 Å². The highest BCUT2D eigenvalue weighted by Gasteiger charge is 2.18. The van der Waals surface area contributed by atoms with E-state index in [0.29, 0.717) is 22.2 Å². The van der Waals surface area contributed by atoms with Crippen molar-refractivity contribution in [2.45, 2.75) is 11.3 Å². The van der Waals surface area contributed by atoms with Gasteiger partial charge in [0.15, 0.2) is 0 Å². The first kappa shape index (κ1) is 21.3. The van der Waals surface area contributed by atoms with Gasteiger partial charge in [0.2, 0.25) is 15.9 Å². The lowest BCUT2D eigenvalue weighted by Crippen LogP contribution is -2.28. The molecule has 0 spiro atoms. The lowest BCUT2D eigenvalue weighted by molar-refractivity contribution is -0.116. The molecule has 0 saturated heterocycles. The maximum atomic E-state index is 12.2. The third-order valence-corrected chi connectivity index (χ3v) is 5.77. The van der Waals surface area contributed by atoms with Crippen LogP contribution in [0.5, 0.6) is 11.5 Å². The van der Waals surface area contributed by atoms with Crippen LogP contribution < -0.4 is 19.5 Å². The second-order valence-corrected chi connectivity index (χ2v) is 7.86. The smallest absolute Gasteiger partial charge is 0.242 e. The van der Waals surface area contributed by atoms with E-state index in [9.17, 15) is 13.2 Å². The zero-order chi connectivity index (χ0) is 20.0. The van der Waals surface area contributed by atoms with Crippen LogP contribution >= 0.6 is 23.2 Å². The van der Waals surface area contributed by atoms with Gasteiger partial charge >= 0.3 is 0 Å². The summed E-state index contributed by atoms with van der Waals surface area (Å²) in [6.07, 6.45) is -0.101. The Labute approximate surface area is 167 Å². The highest BCUT2D eigenvalue weighted by atomic mass is 35.5. The molecule has 0 fully saturated rings. The Morgan fingerprint density at radius 1 is 1.04 bits per heavy atom. The molecular weight excluding hydrogens is 415 g/mol. The molecule has 2 aromatic rings. The maximum absolute atomic E-state index is 12.2. The molecule has 0 atom stereocenters. The van der Waals surface area contributed by atoms with E-state index in [-0.39, 0.29) is 22.9 Å². The van der Waals surface area contributed by atoms with Crippen molar-refractivity contribution in [2.24, 2.45) is 0 Å². The number of hydrogen-bond acceptors (Lipinski definition) is 5. The molecule has 0 aliphatic rings. The van der Waals surface area contributed by atoms with Crippen LogP contribution in [0.15, 0.2) is 41.3 Å². The van der Waals surface area contributed by atoms with E-state index in [0.717, 1.165) is 0 Å². The molecule has 2 rings (SSSR count). The Morgan fingerprint density at radius 2 is 1.70 bits per heavy atom. The number of amides is 1. The Bertz CT molecular complexity index is 935. The van der Waals surface area contributed by atoms with E-state index in [2.05, 4.69) is 10.0 Å². The monoisotopic (exact) mass is 432 g/mol. The number of benzene rings is 2. The van der Waals surface area contributed by atoms with Gasteiger partial charge in [-0.05, 0) is 18.2 Å². The standard InChI is InChI=1S/C17H18Cl2N2O5S/c1-25-14-10-15(26-2)13(9-12(14)19)21-17(22)7-8-20-27(23,24)16-6-4-3-5-11(16)18/h3-6,9-10,20H,7-8H2,1-2H3,(H,21,22). The molecule has 0 heterocycles. The molecular formula is C17H18Cl2N2O5S. The molecule has 2 N–H and O–H groups in total. The lowest BCUT2D eigenvalue weighted by atomic mass is 10.2. The Balaban J connectivity index is 1.99. The van der Waals surface area contributed by atoms with E-state index in [1.165, 1.54) is 38.5 Å². The number of rotatable bonds is 8. The number of hydrogen-bond donors (Lipinski definition) is 2. The fourth-order valence-electron chi connectivity index (χ4n) is 2.21. The van der Waals surface area contributed by atoms with Crippen molar-refractivity contribution in [1.82, 2.24) is 4.72 Å². The second kappa shape index (κ2) is 9.27. The van der Waals surface area contributed by atoms with Crippen molar-refractivity contribution in [2.75, 3.05) is 26.1 Å². The molecule has 146 valence electrons. The Kier molecular flexibility index (Phi) is 7.32. The minimum atomic E-state index is -3.81. The summed E-state index contributed by atoms with van der Waals surface area (Å²) in [7, 11) is -0.909. The number of carbonyl (C=O) groups excluding carboxylic acids is 1. The van der Waals surface area contributed by atoms with Gasteiger partial charge in [-0.3, -0.25) is 4.79 Å². The summed E-state index contributed by atoms with van der Waals surface area (Å²) in [6.45, 7) is -0.106. The average molecular weight is 433 g/mol. The molecule has 1 amide bonds. The van der Waals surface area contributed by atoms with Gasteiger partial charge in [-0.25, -0.2) is 13.1 Å². The van der Waals surface area contributed by atoms with Gasteiger partial charge in [-0.15, -0.1) is 0 Å². The van der Waals surface area contributed by atoms with Crippen LogP contribution in [0, 0.1) is 0 Å². The van der Waals surface area contributed by atoms with Crippen molar-refractivity contribution in [1.29, 1.82) is 0 Å². The Hall–Kier alpha value is -2.00. The van der Waals surface area contributed by atoms with Crippen LogP contribution in [0.2, 0.25) is 10.0 Å². The van der Waals surface area contributed by atoms with Crippen LogP contribution in [0.25, 0.3) is 0 Å². The predicted octanol–water partition coefficient (Wildman–Crippen LogP) is 3.32. The molecule has 7 nitrogen and oxygen atoms in total. The van der Waals surface area contributed by atoms with E-state index in [1.54, 1.807) is 12.1 Å². The molecule has 0 unspecified atom stereocenters. The average Bonchev–Trinajstić information content (AvgIpc) is 2.62. The third kappa shape index (κ3) is 5.49. The molecule has 2 aromatic carbocycles. The highest BCUT2D eigenvalue weighted by molar-refractivity contribution is 7.89. The lowest BCUT2D eigenvalue weighted by Gasteiger charge is -2.13.